The average molecular weight is 261 g/mol. The molecule has 3 heteroatoms. The van der Waals surface area contributed by atoms with Crippen LogP contribution in [0.5, 0.6) is 5.75 Å². The van der Waals surface area contributed by atoms with E-state index in [1.165, 1.54) is 10.4 Å². The summed E-state index contributed by atoms with van der Waals surface area (Å²) in [6.07, 6.45) is -0.0782. The molecule has 2 unspecified atom stereocenters. The minimum absolute atomic E-state index is 0.0384. The topological polar surface area (TPSA) is 35.2 Å². The van der Waals surface area contributed by atoms with E-state index in [0.717, 1.165) is 11.3 Å². The molecule has 0 aliphatic heterocycles. The molecule has 0 fully saturated rings. The largest absolute Gasteiger partial charge is 0.483 e. The molecule has 2 nitrogen and oxygen atoms in total. The van der Waals surface area contributed by atoms with Crippen molar-refractivity contribution < 1.29 is 4.74 Å². The summed E-state index contributed by atoms with van der Waals surface area (Å²) in [5.74, 6) is 0.922. The molecule has 0 radical (unpaired) electrons. The standard InChI is InChI=1S/C15H19NOS/c1-10-6-7-11(2)13(9-10)17-15(12(3)16)14-5-4-8-18-14/h4-9,12,15H,16H2,1-3H3. The molecule has 96 valence electrons. The van der Waals surface area contributed by atoms with Crippen LogP contribution in [0.4, 0.5) is 0 Å². The van der Waals surface area contributed by atoms with E-state index in [1.807, 2.05) is 13.0 Å². The van der Waals surface area contributed by atoms with Crippen LogP contribution >= 0.6 is 11.3 Å². The molecule has 2 aromatic rings. The smallest absolute Gasteiger partial charge is 0.148 e. The van der Waals surface area contributed by atoms with E-state index in [9.17, 15) is 0 Å². The number of hydrogen-bond acceptors (Lipinski definition) is 3. The lowest BCUT2D eigenvalue weighted by atomic mass is 10.1. The van der Waals surface area contributed by atoms with Crippen molar-refractivity contribution in [2.24, 2.45) is 5.73 Å². The highest BCUT2D eigenvalue weighted by Crippen LogP contribution is 2.29. The number of hydrogen-bond donors (Lipinski definition) is 1. The van der Waals surface area contributed by atoms with Crippen LogP contribution in [0.3, 0.4) is 0 Å². The normalized spacial score (nSPS) is 14.2. The number of nitrogens with two attached hydrogens (primary N) is 1. The molecule has 0 saturated carbocycles. The minimum atomic E-state index is -0.0782. The molecule has 1 aromatic carbocycles. The van der Waals surface area contributed by atoms with Crippen molar-refractivity contribution in [2.75, 3.05) is 0 Å². The van der Waals surface area contributed by atoms with E-state index >= 15 is 0 Å². The van der Waals surface area contributed by atoms with Gasteiger partial charge in [-0.1, -0.05) is 18.2 Å². The van der Waals surface area contributed by atoms with Gasteiger partial charge in [0.05, 0.1) is 0 Å². The maximum atomic E-state index is 6.12. The van der Waals surface area contributed by atoms with E-state index in [4.69, 9.17) is 10.5 Å². The van der Waals surface area contributed by atoms with Crippen molar-refractivity contribution in [3.05, 3.63) is 51.7 Å². The third-order valence-corrected chi connectivity index (χ3v) is 3.83. The second kappa shape index (κ2) is 5.55. The zero-order valence-corrected chi connectivity index (χ0v) is 11.8. The first-order chi connectivity index (χ1) is 8.58. The fourth-order valence-corrected chi connectivity index (χ4v) is 2.72. The third-order valence-electron chi connectivity index (χ3n) is 2.90. The maximum absolute atomic E-state index is 6.12. The molecular formula is C15H19NOS. The van der Waals surface area contributed by atoms with Gasteiger partial charge in [0, 0.05) is 10.9 Å². The van der Waals surface area contributed by atoms with Gasteiger partial charge < -0.3 is 10.5 Å². The van der Waals surface area contributed by atoms with Crippen molar-refractivity contribution in [2.45, 2.75) is 32.9 Å². The first-order valence-electron chi connectivity index (χ1n) is 6.11. The Kier molecular flexibility index (Phi) is 4.04. The highest BCUT2D eigenvalue weighted by molar-refractivity contribution is 7.10. The molecule has 2 rings (SSSR count). The SMILES string of the molecule is Cc1ccc(C)c(OC(c2cccs2)C(C)N)c1. The lowest BCUT2D eigenvalue weighted by molar-refractivity contribution is 0.183. The number of aryl methyl sites for hydroxylation is 2. The Balaban J connectivity index is 2.27. The van der Waals surface area contributed by atoms with Crippen molar-refractivity contribution in [1.29, 1.82) is 0 Å². The molecule has 0 bridgehead atoms. The van der Waals surface area contributed by atoms with E-state index in [0.29, 0.717) is 0 Å². The fraction of sp³-hybridized carbons (Fsp3) is 0.333. The van der Waals surface area contributed by atoms with Gasteiger partial charge in [0.15, 0.2) is 0 Å². The summed E-state index contributed by atoms with van der Waals surface area (Å²) in [4.78, 5) is 1.17. The van der Waals surface area contributed by atoms with Crippen molar-refractivity contribution in [3.8, 4) is 5.75 Å². The predicted molar refractivity (Wildman–Crippen MR) is 77.3 cm³/mol. The second-order valence-corrected chi connectivity index (χ2v) is 5.66. The molecule has 2 atom stereocenters. The Morgan fingerprint density at radius 2 is 2.00 bits per heavy atom. The first kappa shape index (κ1) is 13.1. The molecule has 1 heterocycles. The van der Waals surface area contributed by atoms with Gasteiger partial charge in [0.2, 0.25) is 0 Å². The Bertz CT molecular complexity index is 505. The van der Waals surface area contributed by atoms with Crippen molar-refractivity contribution in [3.63, 3.8) is 0 Å². The van der Waals surface area contributed by atoms with Gasteiger partial charge in [-0.3, -0.25) is 0 Å². The summed E-state index contributed by atoms with van der Waals surface area (Å²) in [7, 11) is 0. The molecule has 0 amide bonds. The van der Waals surface area contributed by atoms with Crippen LogP contribution in [0.2, 0.25) is 0 Å². The number of ether oxygens (including phenoxy) is 1. The highest BCUT2D eigenvalue weighted by Gasteiger charge is 2.20. The van der Waals surface area contributed by atoms with E-state index in [1.54, 1.807) is 11.3 Å². The van der Waals surface area contributed by atoms with Gasteiger partial charge in [-0.05, 0) is 49.4 Å². The summed E-state index contributed by atoms with van der Waals surface area (Å²) >= 11 is 1.68. The highest BCUT2D eigenvalue weighted by atomic mass is 32.1. The monoisotopic (exact) mass is 261 g/mol. The molecule has 1 aromatic heterocycles. The molecular weight excluding hydrogens is 242 g/mol. The molecule has 0 saturated heterocycles. The molecule has 18 heavy (non-hydrogen) atoms. The van der Waals surface area contributed by atoms with Gasteiger partial charge in [-0.2, -0.15) is 0 Å². The average Bonchev–Trinajstić information content (AvgIpc) is 2.83. The van der Waals surface area contributed by atoms with Crippen LogP contribution in [-0.4, -0.2) is 6.04 Å². The number of rotatable bonds is 4. The quantitative estimate of drug-likeness (QED) is 0.907. The van der Waals surface area contributed by atoms with Gasteiger partial charge in [0.1, 0.15) is 11.9 Å². The number of thiophene rings is 1. The zero-order valence-electron chi connectivity index (χ0n) is 11.0. The molecule has 2 N–H and O–H groups in total. The maximum Gasteiger partial charge on any atom is 0.148 e. The Labute approximate surface area is 112 Å². The van der Waals surface area contributed by atoms with Crippen LogP contribution in [0, 0.1) is 13.8 Å². The minimum Gasteiger partial charge on any atom is -0.483 e. The van der Waals surface area contributed by atoms with Gasteiger partial charge in [0.25, 0.3) is 0 Å². The second-order valence-electron chi connectivity index (χ2n) is 4.68. The first-order valence-corrected chi connectivity index (χ1v) is 6.99. The van der Waals surface area contributed by atoms with Gasteiger partial charge in [-0.15, -0.1) is 11.3 Å². The lowest BCUT2D eigenvalue weighted by Gasteiger charge is -2.22. The third kappa shape index (κ3) is 2.92. The summed E-state index contributed by atoms with van der Waals surface area (Å²) in [6, 6.07) is 10.3. The van der Waals surface area contributed by atoms with Crippen molar-refractivity contribution >= 4 is 11.3 Å². The van der Waals surface area contributed by atoms with E-state index in [-0.39, 0.29) is 12.1 Å². The Morgan fingerprint density at radius 3 is 2.61 bits per heavy atom. The van der Waals surface area contributed by atoms with Gasteiger partial charge in [-0.25, -0.2) is 0 Å². The zero-order chi connectivity index (χ0) is 13.1. The van der Waals surface area contributed by atoms with Crippen LogP contribution < -0.4 is 10.5 Å². The van der Waals surface area contributed by atoms with Crippen LogP contribution in [0.25, 0.3) is 0 Å². The molecule has 0 aliphatic carbocycles. The predicted octanol–water partition coefficient (Wildman–Crippen LogP) is 3.83. The van der Waals surface area contributed by atoms with Crippen LogP contribution in [0.15, 0.2) is 35.7 Å². The summed E-state index contributed by atoms with van der Waals surface area (Å²) < 4.78 is 6.12. The lowest BCUT2D eigenvalue weighted by Crippen LogP contribution is -2.28. The Hall–Kier alpha value is -1.32. The molecule has 0 spiro atoms. The summed E-state index contributed by atoms with van der Waals surface area (Å²) in [5, 5.41) is 2.05. The van der Waals surface area contributed by atoms with Crippen LogP contribution in [0.1, 0.15) is 29.0 Å². The Morgan fingerprint density at radius 1 is 1.22 bits per heavy atom. The van der Waals surface area contributed by atoms with Crippen LogP contribution in [-0.2, 0) is 0 Å². The van der Waals surface area contributed by atoms with E-state index < -0.39 is 0 Å². The fourth-order valence-electron chi connectivity index (χ4n) is 1.85. The number of benzene rings is 1. The summed E-state index contributed by atoms with van der Waals surface area (Å²) in [6.45, 7) is 6.11. The van der Waals surface area contributed by atoms with Crippen molar-refractivity contribution in [1.82, 2.24) is 0 Å². The molecule has 0 aliphatic rings. The van der Waals surface area contributed by atoms with Gasteiger partial charge >= 0.3 is 0 Å². The van der Waals surface area contributed by atoms with E-state index in [2.05, 4.69) is 43.5 Å². The summed E-state index contributed by atoms with van der Waals surface area (Å²) in [5.41, 5.74) is 8.39.